The Balaban J connectivity index is 2.14. The minimum Gasteiger partial charge on any atom is -0.253 e. The topological polar surface area (TPSA) is 53.9 Å². The van der Waals surface area contributed by atoms with E-state index in [2.05, 4.69) is 15.1 Å². The largest absolute Gasteiger partial charge is 0.451 e. The molecule has 2 rings (SSSR count). The zero-order valence-corrected chi connectivity index (χ0v) is 9.36. The first-order valence-electron chi connectivity index (χ1n) is 5.05. The third-order valence-corrected chi connectivity index (χ3v) is 2.15. The quantitative estimate of drug-likeness (QED) is 0.838. The maximum atomic E-state index is 12.2. The Hall–Kier alpha value is -2.18. The van der Waals surface area contributed by atoms with Gasteiger partial charge in [-0.15, -0.1) is 5.10 Å². The fourth-order valence-corrected chi connectivity index (χ4v) is 1.22. The van der Waals surface area contributed by atoms with Crippen LogP contribution in [-0.2, 0) is 6.18 Å². The van der Waals surface area contributed by atoms with E-state index >= 15 is 0 Å². The second-order valence-corrected chi connectivity index (χ2v) is 3.65. The highest BCUT2D eigenvalue weighted by atomic mass is 19.4. The van der Waals surface area contributed by atoms with Gasteiger partial charge < -0.3 is 0 Å². The van der Waals surface area contributed by atoms with Crippen LogP contribution in [0, 0.1) is 6.92 Å². The lowest BCUT2D eigenvalue weighted by atomic mass is 10.2. The highest BCUT2D eigenvalue weighted by molar-refractivity contribution is 5.81. The summed E-state index contributed by atoms with van der Waals surface area (Å²) in [6, 6.07) is 7.35. The number of nitrogens with one attached hydrogen (secondary N) is 1. The third kappa shape index (κ3) is 2.93. The number of halogens is 3. The minimum absolute atomic E-state index is 0.247. The Morgan fingerprint density at radius 2 is 1.89 bits per heavy atom. The number of hydrogen-bond acceptors (Lipinski definition) is 3. The van der Waals surface area contributed by atoms with Crippen LogP contribution in [0.5, 0.6) is 0 Å². The number of rotatable bonds is 2. The van der Waals surface area contributed by atoms with Gasteiger partial charge in [-0.2, -0.15) is 18.2 Å². The van der Waals surface area contributed by atoms with E-state index in [9.17, 15) is 13.2 Å². The summed E-state index contributed by atoms with van der Waals surface area (Å²) in [7, 11) is 0. The van der Waals surface area contributed by atoms with Crippen LogP contribution in [0.15, 0.2) is 29.3 Å². The van der Waals surface area contributed by atoms with Crippen molar-refractivity contribution in [3.63, 3.8) is 0 Å². The predicted octanol–water partition coefficient (Wildman–Crippen LogP) is 2.88. The fourth-order valence-electron chi connectivity index (χ4n) is 1.22. The molecule has 0 spiro atoms. The fraction of sp³-hybridized carbons (Fsp3) is 0.182. The van der Waals surface area contributed by atoms with E-state index in [0.717, 1.165) is 11.1 Å². The lowest BCUT2D eigenvalue weighted by Gasteiger charge is -1.97. The molecule has 0 radical (unpaired) electrons. The van der Waals surface area contributed by atoms with Crippen LogP contribution in [0.1, 0.15) is 17.0 Å². The molecule has 1 aromatic heterocycles. The Kier molecular flexibility index (Phi) is 3.14. The van der Waals surface area contributed by atoms with E-state index in [4.69, 9.17) is 0 Å². The highest BCUT2D eigenvalue weighted by Gasteiger charge is 2.35. The first-order valence-corrected chi connectivity index (χ1v) is 5.05. The number of aromatic nitrogens is 3. The summed E-state index contributed by atoms with van der Waals surface area (Å²) in [4.78, 5) is 6.99. The van der Waals surface area contributed by atoms with Crippen LogP contribution in [-0.4, -0.2) is 21.4 Å². The van der Waals surface area contributed by atoms with E-state index in [1.165, 1.54) is 6.21 Å². The summed E-state index contributed by atoms with van der Waals surface area (Å²) < 4.78 is 36.7. The van der Waals surface area contributed by atoms with Crippen molar-refractivity contribution in [3.8, 4) is 0 Å². The highest BCUT2D eigenvalue weighted by Crippen LogP contribution is 2.26. The standard InChI is InChI=1S/C11H9F3N4/c1-7-2-4-8(5-3-7)6-15-10-16-9(17-18-10)11(12,13)14/h2-6H,1H3,(H,16,17,18)/b15-6+. The molecule has 4 nitrogen and oxygen atoms in total. The number of hydrogen-bond donors (Lipinski definition) is 1. The van der Waals surface area contributed by atoms with Gasteiger partial charge in [0, 0.05) is 6.21 Å². The van der Waals surface area contributed by atoms with Gasteiger partial charge in [0.1, 0.15) is 0 Å². The van der Waals surface area contributed by atoms with Gasteiger partial charge in [0.05, 0.1) is 0 Å². The van der Waals surface area contributed by atoms with Crippen molar-refractivity contribution in [1.82, 2.24) is 15.2 Å². The number of alkyl halides is 3. The van der Waals surface area contributed by atoms with Gasteiger partial charge in [-0.3, -0.25) is 5.10 Å². The van der Waals surface area contributed by atoms with Gasteiger partial charge in [0.2, 0.25) is 5.82 Å². The molecular weight excluding hydrogens is 245 g/mol. The summed E-state index contributed by atoms with van der Waals surface area (Å²) in [5, 5.41) is 5.15. The average Bonchev–Trinajstić information content (AvgIpc) is 2.77. The molecule has 0 fully saturated rings. The zero-order chi connectivity index (χ0) is 13.2. The Labute approximate surface area is 101 Å². The normalized spacial score (nSPS) is 12.2. The van der Waals surface area contributed by atoms with Crippen molar-refractivity contribution in [2.24, 2.45) is 4.99 Å². The van der Waals surface area contributed by atoms with Crippen LogP contribution in [0.25, 0.3) is 0 Å². The third-order valence-electron chi connectivity index (χ3n) is 2.15. The Morgan fingerprint density at radius 3 is 2.44 bits per heavy atom. The number of nitrogens with zero attached hydrogens (tertiary/aromatic N) is 3. The summed E-state index contributed by atoms with van der Waals surface area (Å²) in [5.41, 5.74) is 1.85. The molecule has 0 aliphatic heterocycles. The summed E-state index contributed by atoms with van der Waals surface area (Å²) in [6.07, 6.45) is -3.13. The van der Waals surface area contributed by atoms with Gasteiger partial charge in [-0.25, -0.2) is 4.99 Å². The molecule has 1 heterocycles. The monoisotopic (exact) mass is 254 g/mol. The van der Waals surface area contributed by atoms with Gasteiger partial charge in [-0.05, 0) is 12.5 Å². The van der Waals surface area contributed by atoms with Gasteiger partial charge in [0.25, 0.3) is 5.95 Å². The molecule has 1 N–H and O–H groups in total. The van der Waals surface area contributed by atoms with Crippen molar-refractivity contribution in [2.45, 2.75) is 13.1 Å². The number of aryl methyl sites for hydroxylation is 1. The SMILES string of the molecule is Cc1ccc(/C=N/c2n[nH]c(C(F)(F)F)n2)cc1. The first kappa shape index (κ1) is 12.3. The molecule has 7 heteroatoms. The maximum Gasteiger partial charge on any atom is 0.451 e. The van der Waals surface area contributed by atoms with Crippen molar-refractivity contribution in [1.29, 1.82) is 0 Å². The van der Waals surface area contributed by atoms with Crippen LogP contribution in [0.3, 0.4) is 0 Å². The van der Waals surface area contributed by atoms with Gasteiger partial charge >= 0.3 is 6.18 Å². The summed E-state index contributed by atoms with van der Waals surface area (Å²) >= 11 is 0. The number of aromatic amines is 1. The summed E-state index contributed by atoms with van der Waals surface area (Å²) in [6.45, 7) is 1.94. The van der Waals surface area contributed by atoms with E-state index < -0.39 is 12.0 Å². The van der Waals surface area contributed by atoms with E-state index in [1.807, 2.05) is 19.1 Å². The molecule has 0 saturated carbocycles. The molecule has 0 saturated heterocycles. The van der Waals surface area contributed by atoms with Crippen molar-refractivity contribution in [2.75, 3.05) is 0 Å². The van der Waals surface area contributed by atoms with Crippen molar-refractivity contribution >= 4 is 12.2 Å². The molecule has 18 heavy (non-hydrogen) atoms. The lowest BCUT2D eigenvalue weighted by molar-refractivity contribution is -0.144. The second-order valence-electron chi connectivity index (χ2n) is 3.65. The molecule has 2 aromatic rings. The minimum atomic E-state index is -4.54. The number of H-pyrrole nitrogens is 1. The van der Waals surface area contributed by atoms with Gasteiger partial charge in [-0.1, -0.05) is 29.8 Å². The van der Waals surface area contributed by atoms with E-state index in [0.29, 0.717) is 0 Å². The Morgan fingerprint density at radius 1 is 1.22 bits per heavy atom. The first-order chi connectivity index (χ1) is 8.45. The van der Waals surface area contributed by atoms with E-state index in [-0.39, 0.29) is 5.95 Å². The smallest absolute Gasteiger partial charge is 0.253 e. The Bertz CT molecular complexity index is 554. The molecule has 0 aliphatic rings. The molecular formula is C11H9F3N4. The molecule has 0 amide bonds. The second kappa shape index (κ2) is 4.59. The summed E-state index contributed by atoms with van der Waals surface area (Å²) in [5.74, 6) is -1.40. The predicted molar refractivity (Wildman–Crippen MR) is 59.8 cm³/mol. The van der Waals surface area contributed by atoms with Gasteiger partial charge in [0.15, 0.2) is 0 Å². The number of benzene rings is 1. The molecule has 0 unspecified atom stereocenters. The molecule has 0 atom stereocenters. The van der Waals surface area contributed by atoms with E-state index in [1.54, 1.807) is 17.2 Å². The van der Waals surface area contributed by atoms with Crippen LogP contribution in [0.2, 0.25) is 0 Å². The molecule has 94 valence electrons. The lowest BCUT2D eigenvalue weighted by Crippen LogP contribution is -2.07. The van der Waals surface area contributed by atoms with Crippen molar-refractivity contribution < 1.29 is 13.2 Å². The van der Waals surface area contributed by atoms with Crippen LogP contribution < -0.4 is 0 Å². The van der Waals surface area contributed by atoms with Crippen molar-refractivity contribution in [3.05, 3.63) is 41.2 Å². The number of aliphatic imine (C=N–C) groups is 1. The molecule has 1 aromatic carbocycles. The van der Waals surface area contributed by atoms with Crippen LogP contribution >= 0.6 is 0 Å². The average molecular weight is 254 g/mol. The van der Waals surface area contributed by atoms with Crippen LogP contribution in [0.4, 0.5) is 19.1 Å². The zero-order valence-electron chi connectivity index (χ0n) is 9.36. The molecule has 0 aliphatic carbocycles. The maximum absolute atomic E-state index is 12.2. The molecule has 0 bridgehead atoms.